The van der Waals surface area contributed by atoms with E-state index in [1.165, 1.54) is 17.4 Å². The topological polar surface area (TPSA) is 66.4 Å². The Labute approximate surface area is 100 Å². The van der Waals surface area contributed by atoms with E-state index in [0.717, 1.165) is 6.42 Å². The summed E-state index contributed by atoms with van der Waals surface area (Å²) in [7, 11) is -3.44. The molecule has 0 spiro atoms. The van der Waals surface area contributed by atoms with Gasteiger partial charge in [-0.25, -0.2) is 13.1 Å². The van der Waals surface area contributed by atoms with E-state index in [1.807, 2.05) is 13.8 Å². The van der Waals surface area contributed by atoms with E-state index >= 15 is 0 Å². The van der Waals surface area contributed by atoms with Crippen LogP contribution in [0.2, 0.25) is 0 Å². The molecule has 4 nitrogen and oxygen atoms in total. The van der Waals surface area contributed by atoms with Gasteiger partial charge in [-0.2, -0.15) is 0 Å². The fraction of sp³-hybridized carbons (Fsp3) is 0.600. The fourth-order valence-electron chi connectivity index (χ4n) is 1.28. The zero-order valence-corrected chi connectivity index (χ0v) is 11.3. The SMILES string of the molecule is CCC(C)NS(=O)(=O)c1cc(CO)sc1C. The molecule has 0 aliphatic rings. The van der Waals surface area contributed by atoms with Crippen molar-refractivity contribution in [3.8, 4) is 0 Å². The van der Waals surface area contributed by atoms with Crippen molar-refractivity contribution in [2.45, 2.75) is 44.7 Å². The maximum atomic E-state index is 12.0. The average Bonchev–Trinajstić information content (AvgIpc) is 2.59. The first-order chi connectivity index (χ1) is 7.40. The number of aryl methyl sites for hydroxylation is 1. The van der Waals surface area contributed by atoms with Crippen LogP contribution in [0.25, 0.3) is 0 Å². The lowest BCUT2D eigenvalue weighted by atomic mass is 10.3. The van der Waals surface area contributed by atoms with Gasteiger partial charge in [-0.1, -0.05) is 6.92 Å². The molecule has 0 saturated carbocycles. The average molecular weight is 263 g/mol. The van der Waals surface area contributed by atoms with E-state index in [0.29, 0.717) is 9.75 Å². The van der Waals surface area contributed by atoms with Gasteiger partial charge in [-0.15, -0.1) is 11.3 Å². The summed E-state index contributed by atoms with van der Waals surface area (Å²) in [6.07, 6.45) is 0.745. The van der Waals surface area contributed by atoms with Crippen LogP contribution in [0.1, 0.15) is 30.0 Å². The Bertz CT molecular complexity index is 451. The second kappa shape index (κ2) is 5.27. The van der Waals surface area contributed by atoms with Crippen molar-refractivity contribution in [2.24, 2.45) is 0 Å². The van der Waals surface area contributed by atoms with Crippen molar-refractivity contribution in [2.75, 3.05) is 0 Å². The Kier molecular flexibility index (Phi) is 4.49. The third-order valence-corrected chi connectivity index (χ3v) is 5.22. The van der Waals surface area contributed by atoms with E-state index in [-0.39, 0.29) is 17.5 Å². The predicted molar refractivity (Wildman–Crippen MR) is 65.1 cm³/mol. The monoisotopic (exact) mass is 263 g/mol. The zero-order valence-electron chi connectivity index (χ0n) is 9.65. The molecule has 6 heteroatoms. The Balaban J connectivity index is 3.02. The zero-order chi connectivity index (χ0) is 12.3. The van der Waals surface area contributed by atoms with Crippen molar-refractivity contribution in [1.82, 2.24) is 4.72 Å². The highest BCUT2D eigenvalue weighted by Gasteiger charge is 2.21. The molecule has 0 fully saturated rings. The second-order valence-corrected chi connectivity index (χ2v) is 6.75. The Morgan fingerprint density at radius 3 is 2.62 bits per heavy atom. The molecule has 16 heavy (non-hydrogen) atoms. The third kappa shape index (κ3) is 3.04. The third-order valence-electron chi connectivity index (χ3n) is 2.34. The smallest absolute Gasteiger partial charge is 0.241 e. The number of rotatable bonds is 5. The number of aliphatic hydroxyl groups excluding tert-OH is 1. The molecular weight excluding hydrogens is 246 g/mol. The first kappa shape index (κ1) is 13.6. The van der Waals surface area contributed by atoms with Gasteiger partial charge in [0.15, 0.2) is 0 Å². The molecular formula is C10H17NO3S2. The van der Waals surface area contributed by atoms with Crippen molar-refractivity contribution in [3.63, 3.8) is 0 Å². The van der Waals surface area contributed by atoms with Crippen LogP contribution in [0.5, 0.6) is 0 Å². The lowest BCUT2D eigenvalue weighted by molar-refractivity contribution is 0.285. The number of hydrogen-bond donors (Lipinski definition) is 2. The largest absolute Gasteiger partial charge is 0.391 e. The van der Waals surface area contributed by atoms with E-state index in [2.05, 4.69) is 4.72 Å². The van der Waals surface area contributed by atoms with Crippen molar-refractivity contribution in [1.29, 1.82) is 0 Å². The first-order valence-corrected chi connectivity index (χ1v) is 7.43. The van der Waals surface area contributed by atoms with Gasteiger partial charge in [0.2, 0.25) is 10.0 Å². The summed E-state index contributed by atoms with van der Waals surface area (Å²) in [5, 5.41) is 8.96. The highest BCUT2D eigenvalue weighted by molar-refractivity contribution is 7.89. The summed E-state index contributed by atoms with van der Waals surface area (Å²) in [4.78, 5) is 1.66. The molecule has 0 amide bonds. The summed E-state index contributed by atoms with van der Waals surface area (Å²) >= 11 is 1.31. The summed E-state index contributed by atoms with van der Waals surface area (Å²) < 4.78 is 26.5. The van der Waals surface area contributed by atoms with Crippen LogP contribution in [0, 0.1) is 6.92 Å². The van der Waals surface area contributed by atoms with Gasteiger partial charge in [0, 0.05) is 15.8 Å². The molecule has 1 unspecified atom stereocenters. The van der Waals surface area contributed by atoms with Gasteiger partial charge in [0.1, 0.15) is 0 Å². The van der Waals surface area contributed by atoms with Gasteiger partial charge >= 0.3 is 0 Å². The predicted octanol–water partition coefficient (Wildman–Crippen LogP) is 1.63. The van der Waals surface area contributed by atoms with Crippen molar-refractivity contribution in [3.05, 3.63) is 15.8 Å². The van der Waals surface area contributed by atoms with Gasteiger partial charge in [0.05, 0.1) is 11.5 Å². The lowest BCUT2D eigenvalue weighted by Crippen LogP contribution is -2.32. The quantitative estimate of drug-likeness (QED) is 0.848. The fourth-order valence-corrected chi connectivity index (χ4v) is 4.10. The minimum atomic E-state index is -3.44. The van der Waals surface area contributed by atoms with Crippen LogP contribution in [-0.4, -0.2) is 19.6 Å². The summed E-state index contributed by atoms with van der Waals surface area (Å²) in [6, 6.07) is 1.45. The van der Waals surface area contributed by atoms with Gasteiger partial charge < -0.3 is 5.11 Å². The van der Waals surface area contributed by atoms with Gasteiger partial charge in [-0.05, 0) is 26.3 Å². The maximum Gasteiger partial charge on any atom is 0.241 e. The minimum absolute atomic E-state index is 0.0816. The molecule has 1 aromatic rings. The maximum absolute atomic E-state index is 12.0. The molecule has 0 saturated heterocycles. The lowest BCUT2D eigenvalue weighted by Gasteiger charge is -2.11. The number of thiophene rings is 1. The van der Waals surface area contributed by atoms with Gasteiger partial charge in [-0.3, -0.25) is 0 Å². The van der Waals surface area contributed by atoms with Crippen molar-refractivity contribution < 1.29 is 13.5 Å². The first-order valence-electron chi connectivity index (χ1n) is 5.13. The number of aliphatic hydroxyl groups is 1. The molecule has 1 atom stereocenters. The standard InChI is InChI=1S/C10H17NO3S2/c1-4-7(2)11-16(13,14)10-5-9(6-12)15-8(10)3/h5,7,11-12H,4,6H2,1-3H3. The molecule has 1 rings (SSSR count). The van der Waals surface area contributed by atoms with Crippen molar-refractivity contribution >= 4 is 21.4 Å². The molecule has 0 aliphatic heterocycles. The highest BCUT2D eigenvalue weighted by atomic mass is 32.2. The summed E-state index contributed by atoms with van der Waals surface area (Å²) in [5.74, 6) is 0. The van der Waals surface area contributed by atoms with Crippen LogP contribution >= 0.6 is 11.3 Å². The van der Waals surface area contributed by atoms with E-state index in [1.54, 1.807) is 6.92 Å². The van der Waals surface area contributed by atoms with Crippen LogP contribution < -0.4 is 4.72 Å². The molecule has 0 aliphatic carbocycles. The summed E-state index contributed by atoms with van der Waals surface area (Å²) in [5.41, 5.74) is 0. The number of hydrogen-bond acceptors (Lipinski definition) is 4. The van der Waals surface area contributed by atoms with Gasteiger partial charge in [0.25, 0.3) is 0 Å². The second-order valence-electron chi connectivity index (χ2n) is 3.72. The number of sulfonamides is 1. The number of nitrogens with one attached hydrogen (secondary N) is 1. The minimum Gasteiger partial charge on any atom is -0.391 e. The van der Waals surface area contributed by atoms with E-state index in [9.17, 15) is 8.42 Å². The molecule has 1 heterocycles. The van der Waals surface area contributed by atoms with Crippen LogP contribution in [-0.2, 0) is 16.6 Å². The molecule has 0 aromatic carbocycles. The molecule has 0 bridgehead atoms. The van der Waals surface area contributed by atoms with Crippen LogP contribution in [0.15, 0.2) is 11.0 Å². The van der Waals surface area contributed by atoms with Crippen LogP contribution in [0.3, 0.4) is 0 Å². The molecule has 2 N–H and O–H groups in total. The Hall–Kier alpha value is -0.430. The molecule has 92 valence electrons. The molecule has 0 radical (unpaired) electrons. The normalized spacial score (nSPS) is 14.0. The van der Waals surface area contributed by atoms with E-state index < -0.39 is 10.0 Å². The van der Waals surface area contributed by atoms with E-state index in [4.69, 9.17) is 5.11 Å². The Morgan fingerprint density at radius 1 is 1.56 bits per heavy atom. The molecule has 1 aromatic heterocycles. The van der Waals surface area contributed by atoms with Crippen LogP contribution in [0.4, 0.5) is 0 Å². The highest BCUT2D eigenvalue weighted by Crippen LogP contribution is 2.25. The summed E-state index contributed by atoms with van der Waals surface area (Å²) in [6.45, 7) is 5.37. The Morgan fingerprint density at radius 2 is 2.19 bits per heavy atom.